The lowest BCUT2D eigenvalue weighted by atomic mass is 10.1. The minimum absolute atomic E-state index is 0.274. The average Bonchev–Trinajstić information content (AvgIpc) is 2.27. The van der Waals surface area contributed by atoms with Crippen LogP contribution in [0.2, 0.25) is 0 Å². The van der Waals surface area contributed by atoms with Crippen molar-refractivity contribution < 1.29 is 13.9 Å². The zero-order valence-electron chi connectivity index (χ0n) is 8.03. The molecule has 15 heavy (non-hydrogen) atoms. The second kappa shape index (κ2) is 3.65. The van der Waals surface area contributed by atoms with Crippen molar-refractivity contribution in [3.05, 3.63) is 35.8 Å². The molecule has 0 aliphatic rings. The molecule has 0 bridgehead atoms. The van der Waals surface area contributed by atoms with Gasteiger partial charge in [-0.25, -0.2) is 4.98 Å². The van der Waals surface area contributed by atoms with Crippen molar-refractivity contribution >= 4 is 17.2 Å². The van der Waals surface area contributed by atoms with Crippen LogP contribution in [0, 0.1) is 5.95 Å². The highest BCUT2D eigenvalue weighted by molar-refractivity contribution is 5.96. The molecule has 0 aliphatic heterocycles. The number of aldehydes is 1. The lowest BCUT2D eigenvalue weighted by Crippen LogP contribution is -1.92. The summed E-state index contributed by atoms with van der Waals surface area (Å²) in [5.41, 5.74) is 0.717. The molecule has 0 saturated heterocycles. The van der Waals surface area contributed by atoms with Crippen molar-refractivity contribution in [2.45, 2.75) is 0 Å². The second-order valence-corrected chi connectivity index (χ2v) is 3.04. The smallest absolute Gasteiger partial charge is 0.214 e. The topological polar surface area (TPSA) is 39.2 Å². The quantitative estimate of drug-likeness (QED) is 0.557. The standard InChI is InChI=1S/C11H8FNO2/c1-15-8-2-3-10-9(5-8)7(6-14)4-11(12)13-10/h2-6H,1H3. The lowest BCUT2D eigenvalue weighted by molar-refractivity contribution is 0.112. The molecule has 0 atom stereocenters. The van der Waals surface area contributed by atoms with Crippen molar-refractivity contribution in [1.82, 2.24) is 4.98 Å². The van der Waals surface area contributed by atoms with Crippen LogP contribution in [0.15, 0.2) is 24.3 Å². The van der Waals surface area contributed by atoms with Crippen LogP contribution in [-0.2, 0) is 0 Å². The number of halogens is 1. The molecule has 2 rings (SSSR count). The van der Waals surface area contributed by atoms with Crippen LogP contribution >= 0.6 is 0 Å². The monoisotopic (exact) mass is 205 g/mol. The molecule has 0 amide bonds. The summed E-state index contributed by atoms with van der Waals surface area (Å²) in [6.07, 6.45) is 0.604. The summed E-state index contributed by atoms with van der Waals surface area (Å²) in [7, 11) is 1.53. The number of benzene rings is 1. The number of ether oxygens (including phenoxy) is 1. The van der Waals surface area contributed by atoms with Gasteiger partial charge in [-0.3, -0.25) is 4.79 Å². The fraction of sp³-hybridized carbons (Fsp3) is 0.0909. The van der Waals surface area contributed by atoms with E-state index in [4.69, 9.17) is 4.74 Å². The molecule has 1 heterocycles. The van der Waals surface area contributed by atoms with Gasteiger partial charge >= 0.3 is 0 Å². The molecule has 1 aromatic carbocycles. The molecule has 76 valence electrons. The SMILES string of the molecule is COc1ccc2nc(F)cc(C=O)c2c1. The average molecular weight is 205 g/mol. The largest absolute Gasteiger partial charge is 0.497 e. The Morgan fingerprint density at radius 2 is 2.20 bits per heavy atom. The van der Waals surface area contributed by atoms with Gasteiger partial charge in [-0.15, -0.1) is 0 Å². The number of carbonyl (C=O) groups excluding carboxylic acids is 1. The molecule has 0 radical (unpaired) electrons. The van der Waals surface area contributed by atoms with Crippen molar-refractivity contribution in [2.24, 2.45) is 0 Å². The van der Waals surface area contributed by atoms with Crippen molar-refractivity contribution in [3.8, 4) is 5.75 Å². The first kappa shape index (κ1) is 9.58. The van der Waals surface area contributed by atoms with Crippen LogP contribution in [0.1, 0.15) is 10.4 Å². The van der Waals surface area contributed by atoms with Gasteiger partial charge in [0.2, 0.25) is 5.95 Å². The second-order valence-electron chi connectivity index (χ2n) is 3.04. The number of rotatable bonds is 2. The Morgan fingerprint density at radius 3 is 2.87 bits per heavy atom. The third kappa shape index (κ3) is 1.66. The lowest BCUT2D eigenvalue weighted by Gasteiger charge is -2.03. The molecular formula is C11H8FNO2. The number of hydrogen-bond acceptors (Lipinski definition) is 3. The van der Waals surface area contributed by atoms with Crippen LogP contribution in [0.4, 0.5) is 4.39 Å². The summed E-state index contributed by atoms with van der Waals surface area (Å²) in [5, 5.41) is 0.589. The third-order valence-corrected chi connectivity index (χ3v) is 2.14. The van der Waals surface area contributed by atoms with E-state index >= 15 is 0 Å². The molecule has 0 spiro atoms. The van der Waals surface area contributed by atoms with Crippen molar-refractivity contribution in [2.75, 3.05) is 7.11 Å². The van der Waals surface area contributed by atoms with Crippen LogP contribution in [-0.4, -0.2) is 18.4 Å². The van der Waals surface area contributed by atoms with Gasteiger partial charge in [-0.2, -0.15) is 4.39 Å². The summed E-state index contributed by atoms with van der Waals surface area (Å²) >= 11 is 0. The van der Waals surface area contributed by atoms with Gasteiger partial charge in [-0.1, -0.05) is 0 Å². The van der Waals surface area contributed by atoms with Gasteiger partial charge in [-0.05, 0) is 18.2 Å². The molecule has 3 nitrogen and oxygen atoms in total. The zero-order chi connectivity index (χ0) is 10.8. The Kier molecular flexibility index (Phi) is 2.33. The fourth-order valence-corrected chi connectivity index (χ4v) is 1.42. The van der Waals surface area contributed by atoms with Crippen LogP contribution in [0.5, 0.6) is 5.75 Å². The summed E-state index contributed by atoms with van der Waals surface area (Å²) in [6.45, 7) is 0. The summed E-state index contributed by atoms with van der Waals surface area (Å²) < 4.78 is 18.0. The van der Waals surface area contributed by atoms with E-state index in [-0.39, 0.29) is 5.56 Å². The van der Waals surface area contributed by atoms with Gasteiger partial charge in [0.05, 0.1) is 12.6 Å². The number of pyridine rings is 1. The zero-order valence-corrected chi connectivity index (χ0v) is 8.03. The maximum Gasteiger partial charge on any atom is 0.214 e. The number of fused-ring (bicyclic) bond motifs is 1. The van der Waals surface area contributed by atoms with Gasteiger partial charge in [0.1, 0.15) is 5.75 Å². The van der Waals surface area contributed by atoms with Gasteiger partial charge in [0.25, 0.3) is 0 Å². The number of aromatic nitrogens is 1. The number of methoxy groups -OCH3 is 1. The van der Waals surface area contributed by atoms with Crippen LogP contribution in [0.25, 0.3) is 10.9 Å². The molecule has 2 aromatic rings. The van der Waals surface area contributed by atoms with Gasteiger partial charge < -0.3 is 4.74 Å². The normalized spacial score (nSPS) is 10.3. The molecule has 0 saturated carbocycles. The highest BCUT2D eigenvalue weighted by Gasteiger charge is 2.05. The molecule has 1 aromatic heterocycles. The van der Waals surface area contributed by atoms with Crippen LogP contribution in [0.3, 0.4) is 0 Å². The highest BCUT2D eigenvalue weighted by atomic mass is 19.1. The van der Waals surface area contributed by atoms with Crippen LogP contribution < -0.4 is 4.74 Å². The Morgan fingerprint density at radius 1 is 1.40 bits per heavy atom. The fourth-order valence-electron chi connectivity index (χ4n) is 1.42. The minimum Gasteiger partial charge on any atom is -0.497 e. The Balaban J connectivity index is 2.79. The van der Waals surface area contributed by atoms with Crippen molar-refractivity contribution in [3.63, 3.8) is 0 Å². The number of hydrogen-bond donors (Lipinski definition) is 0. The third-order valence-electron chi connectivity index (χ3n) is 2.14. The van der Waals surface area contributed by atoms with E-state index in [2.05, 4.69) is 4.98 Å². The van der Waals surface area contributed by atoms with Gasteiger partial charge in [0, 0.05) is 17.0 Å². The van der Waals surface area contributed by atoms with E-state index in [0.29, 0.717) is 22.9 Å². The van der Waals surface area contributed by atoms with Gasteiger partial charge in [0.15, 0.2) is 6.29 Å². The first-order valence-electron chi connectivity index (χ1n) is 4.34. The van der Waals surface area contributed by atoms with E-state index < -0.39 is 5.95 Å². The molecule has 4 heteroatoms. The minimum atomic E-state index is -0.658. The number of carbonyl (C=O) groups is 1. The molecule has 0 aliphatic carbocycles. The Bertz CT molecular complexity index is 525. The number of nitrogens with zero attached hydrogens (tertiary/aromatic N) is 1. The highest BCUT2D eigenvalue weighted by Crippen LogP contribution is 2.22. The van der Waals surface area contributed by atoms with E-state index in [1.807, 2.05) is 0 Å². The summed E-state index contributed by atoms with van der Waals surface area (Å²) in [5.74, 6) is -0.0474. The van der Waals surface area contributed by atoms with E-state index in [1.54, 1.807) is 18.2 Å². The van der Waals surface area contributed by atoms with E-state index in [0.717, 1.165) is 6.07 Å². The van der Waals surface area contributed by atoms with Crippen molar-refractivity contribution in [1.29, 1.82) is 0 Å². The predicted molar refractivity (Wildman–Crippen MR) is 53.6 cm³/mol. The predicted octanol–water partition coefficient (Wildman–Crippen LogP) is 2.20. The first-order valence-corrected chi connectivity index (χ1v) is 4.34. The Labute approximate surface area is 85.5 Å². The maximum absolute atomic E-state index is 13.0. The summed E-state index contributed by atoms with van der Waals surface area (Å²) in [4.78, 5) is 14.4. The van der Waals surface area contributed by atoms with E-state index in [9.17, 15) is 9.18 Å². The molecule has 0 fully saturated rings. The molecule has 0 N–H and O–H groups in total. The van der Waals surface area contributed by atoms with E-state index in [1.165, 1.54) is 7.11 Å². The maximum atomic E-state index is 13.0. The molecular weight excluding hydrogens is 197 g/mol. The first-order chi connectivity index (χ1) is 7.24. The molecule has 0 unspecified atom stereocenters. The summed E-state index contributed by atoms with van der Waals surface area (Å²) in [6, 6.07) is 6.05. The Hall–Kier alpha value is -1.97.